The Labute approximate surface area is 103 Å². The molecule has 0 bridgehead atoms. The molecule has 0 radical (unpaired) electrons. The Balaban J connectivity index is 2.65. The summed E-state index contributed by atoms with van der Waals surface area (Å²) in [5.74, 6) is -2.29. The monoisotopic (exact) mass is 255 g/mol. The molecule has 0 heterocycles. The van der Waals surface area contributed by atoms with Gasteiger partial charge in [-0.15, -0.1) is 0 Å². The van der Waals surface area contributed by atoms with Crippen molar-refractivity contribution < 1.29 is 23.8 Å². The molecule has 6 heteroatoms. The van der Waals surface area contributed by atoms with Gasteiger partial charge in [0.25, 0.3) is 5.91 Å². The molecular formula is C12H14FNO4. The van der Waals surface area contributed by atoms with Crippen molar-refractivity contribution in [1.29, 1.82) is 0 Å². The van der Waals surface area contributed by atoms with Gasteiger partial charge in [-0.2, -0.15) is 0 Å². The topological polar surface area (TPSA) is 89.6 Å². The Morgan fingerprint density at radius 2 is 2.17 bits per heavy atom. The Bertz CT molecular complexity index is 461. The van der Waals surface area contributed by atoms with Gasteiger partial charge >= 0.3 is 5.97 Å². The highest BCUT2D eigenvalue weighted by Gasteiger charge is 2.11. The molecule has 98 valence electrons. The SMILES string of the molecule is CC(CCC(=O)O)Oc1ccc(C(N)=O)c(F)c1. The summed E-state index contributed by atoms with van der Waals surface area (Å²) in [5.41, 5.74) is 4.75. The van der Waals surface area contributed by atoms with Crippen LogP contribution in [0.4, 0.5) is 4.39 Å². The average molecular weight is 255 g/mol. The van der Waals surface area contributed by atoms with Gasteiger partial charge in [-0.3, -0.25) is 9.59 Å². The Morgan fingerprint density at radius 3 is 2.67 bits per heavy atom. The van der Waals surface area contributed by atoms with Crippen LogP contribution in [0.5, 0.6) is 5.75 Å². The zero-order valence-electron chi connectivity index (χ0n) is 9.85. The zero-order valence-corrected chi connectivity index (χ0v) is 9.85. The van der Waals surface area contributed by atoms with Crippen LogP contribution in [0.3, 0.4) is 0 Å². The van der Waals surface area contributed by atoms with Crippen LogP contribution in [-0.4, -0.2) is 23.1 Å². The molecule has 3 N–H and O–H groups in total. The van der Waals surface area contributed by atoms with Crippen molar-refractivity contribution in [3.05, 3.63) is 29.6 Å². The third-order valence-corrected chi connectivity index (χ3v) is 2.31. The third-order valence-electron chi connectivity index (χ3n) is 2.31. The van der Waals surface area contributed by atoms with E-state index in [1.165, 1.54) is 12.1 Å². The number of ether oxygens (including phenoxy) is 1. The minimum absolute atomic E-state index is 0.0248. The van der Waals surface area contributed by atoms with Crippen LogP contribution in [0.15, 0.2) is 18.2 Å². The van der Waals surface area contributed by atoms with Crippen LogP contribution in [0, 0.1) is 5.82 Å². The van der Waals surface area contributed by atoms with E-state index in [0.29, 0.717) is 6.42 Å². The molecule has 0 aliphatic rings. The highest BCUT2D eigenvalue weighted by atomic mass is 19.1. The molecule has 1 aromatic rings. The molecule has 18 heavy (non-hydrogen) atoms. The van der Waals surface area contributed by atoms with Crippen molar-refractivity contribution in [2.24, 2.45) is 5.73 Å². The van der Waals surface area contributed by atoms with Gasteiger partial charge in [0, 0.05) is 12.5 Å². The minimum atomic E-state index is -0.916. The third kappa shape index (κ3) is 4.04. The number of benzene rings is 1. The summed E-state index contributed by atoms with van der Waals surface area (Å²) in [5, 5.41) is 8.50. The number of aliphatic carboxylic acids is 1. The molecule has 0 aliphatic carbocycles. The fourth-order valence-electron chi connectivity index (χ4n) is 1.39. The number of rotatable bonds is 6. The van der Waals surface area contributed by atoms with Gasteiger partial charge in [0.15, 0.2) is 0 Å². The Morgan fingerprint density at radius 1 is 1.50 bits per heavy atom. The van der Waals surface area contributed by atoms with E-state index in [0.717, 1.165) is 6.07 Å². The second kappa shape index (κ2) is 6.00. The maximum Gasteiger partial charge on any atom is 0.303 e. The number of carbonyl (C=O) groups is 2. The molecule has 1 rings (SSSR count). The lowest BCUT2D eigenvalue weighted by molar-refractivity contribution is -0.137. The molecule has 1 atom stereocenters. The van der Waals surface area contributed by atoms with Crippen LogP contribution in [0.25, 0.3) is 0 Å². The first kappa shape index (κ1) is 14.0. The van der Waals surface area contributed by atoms with Gasteiger partial charge in [0.2, 0.25) is 0 Å². The van der Waals surface area contributed by atoms with Gasteiger partial charge in [-0.25, -0.2) is 4.39 Å². The van der Waals surface area contributed by atoms with Crippen LogP contribution in [0.1, 0.15) is 30.1 Å². The minimum Gasteiger partial charge on any atom is -0.491 e. The quantitative estimate of drug-likeness (QED) is 0.807. The molecule has 0 fully saturated rings. The second-order valence-electron chi connectivity index (χ2n) is 3.87. The van der Waals surface area contributed by atoms with E-state index < -0.39 is 17.7 Å². The van der Waals surface area contributed by atoms with Gasteiger partial charge in [0.05, 0.1) is 11.7 Å². The van der Waals surface area contributed by atoms with Crippen molar-refractivity contribution in [2.45, 2.75) is 25.9 Å². The average Bonchev–Trinajstić information content (AvgIpc) is 2.26. The van der Waals surface area contributed by atoms with Crippen molar-refractivity contribution in [3.63, 3.8) is 0 Å². The highest BCUT2D eigenvalue weighted by Crippen LogP contribution is 2.18. The first-order chi connectivity index (χ1) is 8.40. The Kier molecular flexibility index (Phi) is 4.65. The molecule has 0 saturated heterocycles. The Hall–Kier alpha value is -2.11. The van der Waals surface area contributed by atoms with E-state index in [4.69, 9.17) is 15.6 Å². The van der Waals surface area contributed by atoms with Crippen molar-refractivity contribution in [1.82, 2.24) is 0 Å². The van der Waals surface area contributed by atoms with Crippen molar-refractivity contribution >= 4 is 11.9 Å². The fourth-order valence-corrected chi connectivity index (χ4v) is 1.39. The number of amides is 1. The van der Waals surface area contributed by atoms with Crippen molar-refractivity contribution in [3.8, 4) is 5.75 Å². The molecule has 0 spiro atoms. The molecule has 0 aromatic heterocycles. The van der Waals surface area contributed by atoms with E-state index in [9.17, 15) is 14.0 Å². The van der Waals surface area contributed by atoms with E-state index in [2.05, 4.69) is 0 Å². The van der Waals surface area contributed by atoms with Crippen LogP contribution in [-0.2, 0) is 4.79 Å². The standard InChI is InChI=1S/C12H14FNO4/c1-7(2-5-11(15)16)18-8-3-4-9(12(14)17)10(13)6-8/h3-4,6-7H,2,5H2,1H3,(H2,14,17)(H,15,16). The van der Waals surface area contributed by atoms with Crippen LogP contribution in [0.2, 0.25) is 0 Å². The number of primary amides is 1. The second-order valence-corrected chi connectivity index (χ2v) is 3.87. The number of hydrogen-bond acceptors (Lipinski definition) is 3. The number of halogens is 1. The fraction of sp³-hybridized carbons (Fsp3) is 0.333. The number of carboxylic acids is 1. The summed E-state index contributed by atoms with van der Waals surface area (Å²) in [6.45, 7) is 1.68. The lowest BCUT2D eigenvalue weighted by Gasteiger charge is -2.14. The normalized spacial score (nSPS) is 11.9. The predicted octanol–water partition coefficient (Wildman–Crippen LogP) is 1.56. The number of carboxylic acid groups (broad SMARTS) is 1. The van der Waals surface area contributed by atoms with E-state index in [-0.39, 0.29) is 23.8 Å². The number of carbonyl (C=O) groups excluding carboxylic acids is 1. The molecule has 1 amide bonds. The van der Waals surface area contributed by atoms with E-state index >= 15 is 0 Å². The maximum atomic E-state index is 13.4. The van der Waals surface area contributed by atoms with Crippen LogP contribution < -0.4 is 10.5 Å². The van der Waals surface area contributed by atoms with Gasteiger partial charge < -0.3 is 15.6 Å². The summed E-state index contributed by atoms with van der Waals surface area (Å²) in [6, 6.07) is 3.70. The molecular weight excluding hydrogens is 241 g/mol. The molecule has 1 aromatic carbocycles. The first-order valence-electron chi connectivity index (χ1n) is 5.38. The molecule has 0 saturated carbocycles. The summed E-state index contributed by atoms with van der Waals surface area (Å²) < 4.78 is 18.7. The number of nitrogens with two attached hydrogens (primary N) is 1. The summed E-state index contributed by atoms with van der Waals surface area (Å²) >= 11 is 0. The zero-order chi connectivity index (χ0) is 13.7. The maximum absolute atomic E-state index is 13.4. The smallest absolute Gasteiger partial charge is 0.303 e. The summed E-state index contributed by atoms with van der Waals surface area (Å²) in [7, 11) is 0. The molecule has 0 aliphatic heterocycles. The summed E-state index contributed by atoms with van der Waals surface area (Å²) in [4.78, 5) is 21.2. The van der Waals surface area contributed by atoms with Gasteiger partial charge in [-0.1, -0.05) is 0 Å². The molecule has 5 nitrogen and oxygen atoms in total. The lowest BCUT2D eigenvalue weighted by Crippen LogP contribution is -2.15. The molecule has 1 unspecified atom stereocenters. The van der Waals surface area contributed by atoms with Crippen LogP contribution >= 0.6 is 0 Å². The van der Waals surface area contributed by atoms with E-state index in [1.54, 1.807) is 6.92 Å². The first-order valence-corrected chi connectivity index (χ1v) is 5.38. The van der Waals surface area contributed by atoms with Crippen molar-refractivity contribution in [2.75, 3.05) is 0 Å². The van der Waals surface area contributed by atoms with Gasteiger partial charge in [0.1, 0.15) is 11.6 Å². The van der Waals surface area contributed by atoms with Gasteiger partial charge in [-0.05, 0) is 25.5 Å². The largest absolute Gasteiger partial charge is 0.491 e. The number of hydrogen-bond donors (Lipinski definition) is 2. The van der Waals surface area contributed by atoms with E-state index in [1.807, 2.05) is 0 Å². The lowest BCUT2D eigenvalue weighted by atomic mass is 10.2. The summed E-state index contributed by atoms with van der Waals surface area (Å²) in [6.07, 6.45) is -0.0719. The highest BCUT2D eigenvalue weighted by molar-refractivity contribution is 5.93. The predicted molar refractivity (Wildman–Crippen MR) is 61.9 cm³/mol.